The van der Waals surface area contributed by atoms with Gasteiger partial charge in [0.05, 0.1) is 5.60 Å². The molecule has 1 aliphatic heterocycles. The van der Waals surface area contributed by atoms with E-state index in [0.717, 1.165) is 29.4 Å². The summed E-state index contributed by atoms with van der Waals surface area (Å²) in [5.74, 6) is 0.786. The van der Waals surface area contributed by atoms with Gasteiger partial charge in [0, 0.05) is 28.1 Å². The molecule has 0 unspecified atom stereocenters. The second-order valence-corrected chi connectivity index (χ2v) is 10.6. The average Bonchev–Trinajstić information content (AvgIpc) is 3.17. The fraction of sp³-hybridized carbons (Fsp3) is 0.379. The Labute approximate surface area is 205 Å². The second kappa shape index (κ2) is 9.00. The molecule has 0 fully saturated rings. The number of furan rings is 1. The van der Waals surface area contributed by atoms with E-state index >= 15 is 0 Å². The summed E-state index contributed by atoms with van der Waals surface area (Å²) in [5.41, 5.74) is 2.30. The third kappa shape index (κ3) is 5.49. The van der Waals surface area contributed by atoms with Crippen LogP contribution in [0.2, 0.25) is 0 Å². The van der Waals surface area contributed by atoms with Crippen molar-refractivity contribution in [2.45, 2.75) is 71.5 Å². The van der Waals surface area contributed by atoms with Gasteiger partial charge in [-0.2, -0.15) is 0 Å². The standard InChI is InChI=1S/C29H34O6/c1-17(7-6-11-28(2,3)33)8-9-22-25(32)27-21(10-12-29(4,5)35-27)23-16-24(34-26(22)23)18-13-19(30)15-20(31)14-18/h8,10,12-16,30-33H,6-7,9,11H2,1-5H3/b17-8-. The SMILES string of the molecule is C/C(=C/Cc1c(O)c2c(c3cc(-c4cc(O)cc(O)c4)oc13)C=CC(C)(C)O2)CCCC(C)(C)O. The quantitative estimate of drug-likeness (QED) is 0.278. The first-order valence-corrected chi connectivity index (χ1v) is 11.9. The number of rotatable bonds is 7. The molecule has 2 aromatic carbocycles. The Bertz CT molecular complexity index is 1300. The summed E-state index contributed by atoms with van der Waals surface area (Å²) in [6, 6.07) is 6.14. The highest BCUT2D eigenvalue weighted by atomic mass is 16.5. The Morgan fingerprint density at radius 3 is 2.40 bits per heavy atom. The molecule has 2 heterocycles. The molecular formula is C29H34O6. The van der Waals surface area contributed by atoms with Crippen LogP contribution in [0.5, 0.6) is 23.0 Å². The first-order valence-electron chi connectivity index (χ1n) is 11.9. The van der Waals surface area contributed by atoms with Crippen LogP contribution < -0.4 is 4.74 Å². The molecule has 4 rings (SSSR count). The maximum absolute atomic E-state index is 11.3. The minimum atomic E-state index is -0.689. The Balaban J connectivity index is 1.78. The van der Waals surface area contributed by atoms with Crippen molar-refractivity contribution in [3.8, 4) is 34.3 Å². The minimum absolute atomic E-state index is 0.0464. The average molecular weight is 479 g/mol. The molecular weight excluding hydrogens is 444 g/mol. The first kappa shape index (κ1) is 24.7. The normalized spacial score (nSPS) is 15.3. The van der Waals surface area contributed by atoms with E-state index in [2.05, 4.69) is 6.08 Å². The van der Waals surface area contributed by atoms with Crippen LogP contribution in [0.4, 0.5) is 0 Å². The molecule has 0 spiro atoms. The fourth-order valence-corrected chi connectivity index (χ4v) is 4.41. The Kier molecular flexibility index (Phi) is 6.36. The summed E-state index contributed by atoms with van der Waals surface area (Å²) >= 11 is 0. The summed E-state index contributed by atoms with van der Waals surface area (Å²) in [7, 11) is 0. The molecule has 0 radical (unpaired) electrons. The second-order valence-electron chi connectivity index (χ2n) is 10.6. The van der Waals surface area contributed by atoms with Gasteiger partial charge in [-0.25, -0.2) is 0 Å². The monoisotopic (exact) mass is 478 g/mol. The maximum atomic E-state index is 11.3. The Hall–Kier alpha value is -3.38. The molecule has 0 saturated heterocycles. The van der Waals surface area contributed by atoms with E-state index in [9.17, 15) is 20.4 Å². The lowest BCUT2D eigenvalue weighted by Crippen LogP contribution is -2.27. The summed E-state index contributed by atoms with van der Waals surface area (Å²) < 4.78 is 12.4. The molecule has 1 aromatic heterocycles. The van der Waals surface area contributed by atoms with E-state index in [1.54, 1.807) is 0 Å². The third-order valence-electron chi connectivity index (χ3n) is 6.26. The van der Waals surface area contributed by atoms with Crippen molar-refractivity contribution in [3.05, 3.63) is 53.1 Å². The van der Waals surface area contributed by atoms with Gasteiger partial charge in [0.25, 0.3) is 0 Å². The van der Waals surface area contributed by atoms with E-state index in [0.29, 0.717) is 41.1 Å². The molecule has 35 heavy (non-hydrogen) atoms. The fourth-order valence-electron chi connectivity index (χ4n) is 4.41. The van der Waals surface area contributed by atoms with Crippen molar-refractivity contribution in [1.82, 2.24) is 0 Å². The van der Waals surface area contributed by atoms with Crippen molar-refractivity contribution >= 4 is 17.0 Å². The number of benzene rings is 2. The van der Waals surface area contributed by atoms with Crippen LogP contribution in [0.1, 0.15) is 65.0 Å². The highest BCUT2D eigenvalue weighted by Crippen LogP contribution is 2.48. The number of aromatic hydroxyl groups is 3. The van der Waals surface area contributed by atoms with Crippen LogP contribution >= 0.6 is 0 Å². The van der Waals surface area contributed by atoms with Crippen molar-refractivity contribution in [3.63, 3.8) is 0 Å². The van der Waals surface area contributed by atoms with Crippen LogP contribution in [0.25, 0.3) is 28.4 Å². The number of phenols is 3. The number of aliphatic hydroxyl groups is 1. The highest BCUT2D eigenvalue weighted by Gasteiger charge is 2.30. The van der Waals surface area contributed by atoms with Gasteiger partial charge >= 0.3 is 0 Å². The lowest BCUT2D eigenvalue weighted by molar-refractivity contribution is 0.0689. The molecule has 0 amide bonds. The topological polar surface area (TPSA) is 103 Å². The van der Waals surface area contributed by atoms with Crippen LogP contribution in [0, 0.1) is 0 Å². The number of allylic oxidation sites excluding steroid dienone is 2. The van der Waals surface area contributed by atoms with Crippen molar-refractivity contribution in [2.24, 2.45) is 0 Å². The molecule has 6 heteroatoms. The van der Waals surface area contributed by atoms with Gasteiger partial charge in [-0.1, -0.05) is 17.7 Å². The number of hydrogen-bond acceptors (Lipinski definition) is 6. The Morgan fingerprint density at radius 2 is 1.74 bits per heavy atom. The van der Waals surface area contributed by atoms with Gasteiger partial charge in [-0.15, -0.1) is 0 Å². The number of fused-ring (bicyclic) bond motifs is 3. The summed E-state index contributed by atoms with van der Waals surface area (Å²) in [5, 5.41) is 41.9. The van der Waals surface area contributed by atoms with E-state index in [-0.39, 0.29) is 17.2 Å². The van der Waals surface area contributed by atoms with Crippen molar-refractivity contribution in [2.75, 3.05) is 0 Å². The molecule has 0 atom stereocenters. The van der Waals surface area contributed by atoms with Gasteiger partial charge in [0.2, 0.25) is 0 Å². The summed E-state index contributed by atoms with van der Waals surface area (Å²) in [6.07, 6.45) is 8.80. The van der Waals surface area contributed by atoms with Gasteiger partial charge in [0.15, 0.2) is 11.5 Å². The van der Waals surface area contributed by atoms with E-state index in [1.165, 1.54) is 18.2 Å². The summed E-state index contributed by atoms with van der Waals surface area (Å²) in [6.45, 7) is 9.52. The van der Waals surface area contributed by atoms with Crippen molar-refractivity contribution < 1.29 is 29.6 Å². The zero-order chi connectivity index (χ0) is 25.5. The van der Waals surface area contributed by atoms with Crippen molar-refractivity contribution in [1.29, 1.82) is 0 Å². The summed E-state index contributed by atoms with van der Waals surface area (Å²) in [4.78, 5) is 0. The highest BCUT2D eigenvalue weighted by molar-refractivity contribution is 5.98. The zero-order valence-corrected chi connectivity index (χ0v) is 21.0. The number of phenolic OH excluding ortho intramolecular Hbond substituents is 3. The molecule has 3 aromatic rings. The molecule has 0 aliphatic carbocycles. The number of hydrogen-bond donors (Lipinski definition) is 4. The molecule has 6 nitrogen and oxygen atoms in total. The first-order chi connectivity index (χ1) is 16.3. The van der Waals surface area contributed by atoms with Gasteiger partial charge in [0.1, 0.15) is 28.4 Å². The lowest BCUT2D eigenvalue weighted by atomic mass is 9.94. The van der Waals surface area contributed by atoms with Gasteiger partial charge in [-0.3, -0.25) is 0 Å². The van der Waals surface area contributed by atoms with Gasteiger partial charge < -0.3 is 29.6 Å². The predicted octanol–water partition coefficient (Wildman–Crippen LogP) is 6.83. The van der Waals surface area contributed by atoms with Gasteiger partial charge in [-0.05, 0) is 84.6 Å². The van der Waals surface area contributed by atoms with Crippen LogP contribution in [-0.4, -0.2) is 31.6 Å². The predicted molar refractivity (Wildman–Crippen MR) is 138 cm³/mol. The van der Waals surface area contributed by atoms with Crippen LogP contribution in [0.15, 0.2) is 46.4 Å². The molecule has 0 saturated carbocycles. The Morgan fingerprint density at radius 1 is 1.06 bits per heavy atom. The largest absolute Gasteiger partial charge is 0.508 e. The zero-order valence-electron chi connectivity index (χ0n) is 21.0. The van der Waals surface area contributed by atoms with E-state index < -0.39 is 11.2 Å². The molecule has 0 bridgehead atoms. The third-order valence-corrected chi connectivity index (χ3v) is 6.26. The smallest absolute Gasteiger partial charge is 0.170 e. The lowest BCUT2D eigenvalue weighted by Gasteiger charge is -2.29. The maximum Gasteiger partial charge on any atom is 0.170 e. The molecule has 186 valence electrons. The number of ether oxygens (including phenoxy) is 1. The molecule has 4 N–H and O–H groups in total. The van der Waals surface area contributed by atoms with Crippen LogP contribution in [0.3, 0.4) is 0 Å². The van der Waals surface area contributed by atoms with Crippen LogP contribution in [-0.2, 0) is 6.42 Å². The molecule has 1 aliphatic rings. The van der Waals surface area contributed by atoms with E-state index in [4.69, 9.17) is 9.15 Å². The minimum Gasteiger partial charge on any atom is -0.508 e. The van der Waals surface area contributed by atoms with E-state index in [1.807, 2.05) is 52.8 Å².